The lowest BCUT2D eigenvalue weighted by Gasteiger charge is -2.31. The quantitative estimate of drug-likeness (QED) is 0.620. The van der Waals surface area contributed by atoms with E-state index >= 15 is 0 Å². The normalized spacial score (nSPS) is 17.0. The van der Waals surface area contributed by atoms with E-state index in [0.717, 1.165) is 48.2 Å². The highest BCUT2D eigenvalue weighted by Gasteiger charge is 2.31. The highest BCUT2D eigenvalue weighted by Crippen LogP contribution is 2.36. The maximum absolute atomic E-state index is 12.7. The molecule has 0 bridgehead atoms. The van der Waals surface area contributed by atoms with Crippen molar-refractivity contribution >= 4 is 16.8 Å². The number of carbonyl (C=O) groups excluding carboxylic acids is 1. The summed E-state index contributed by atoms with van der Waals surface area (Å²) in [6, 6.07) is 20.6. The van der Waals surface area contributed by atoms with Crippen molar-refractivity contribution in [1.29, 1.82) is 0 Å². The van der Waals surface area contributed by atoms with Crippen molar-refractivity contribution in [3.05, 3.63) is 77.5 Å². The van der Waals surface area contributed by atoms with Crippen molar-refractivity contribution in [2.75, 3.05) is 19.6 Å². The van der Waals surface area contributed by atoms with Crippen molar-refractivity contribution in [2.24, 2.45) is 5.73 Å². The Kier molecular flexibility index (Phi) is 6.44. The molecule has 0 saturated carbocycles. The van der Waals surface area contributed by atoms with E-state index in [2.05, 4.69) is 36.1 Å². The Balaban J connectivity index is 1.68. The number of pyridine rings is 1. The van der Waals surface area contributed by atoms with Crippen molar-refractivity contribution in [1.82, 2.24) is 9.88 Å². The molecule has 3 aromatic rings. The first-order valence-electron chi connectivity index (χ1n) is 11.1. The maximum atomic E-state index is 12.7. The van der Waals surface area contributed by atoms with Crippen molar-refractivity contribution < 1.29 is 4.79 Å². The standard InChI is InChI=1S/C26H31N3O/c1-19-9-11-20(12-10-19)22(15-18-29-16-5-2-6-17-29)25(26(27)30)24-14-13-21-7-3-4-8-23(21)28-24/h3-4,7-14,22,25H,2,5-6,15-18H2,1H3,(H2,27,30). The molecule has 2 atom stereocenters. The Labute approximate surface area is 179 Å². The number of piperidine rings is 1. The summed E-state index contributed by atoms with van der Waals surface area (Å²) in [7, 11) is 0. The van der Waals surface area contributed by atoms with E-state index < -0.39 is 5.92 Å². The van der Waals surface area contributed by atoms with Crippen LogP contribution in [0.1, 0.15) is 54.3 Å². The fourth-order valence-corrected chi connectivity index (χ4v) is 4.65. The molecule has 156 valence electrons. The van der Waals surface area contributed by atoms with Crippen LogP contribution in [0.5, 0.6) is 0 Å². The van der Waals surface area contributed by atoms with Gasteiger partial charge in [-0.25, -0.2) is 0 Å². The van der Waals surface area contributed by atoms with Gasteiger partial charge in [0.15, 0.2) is 0 Å². The van der Waals surface area contributed by atoms with Crippen LogP contribution in [0.3, 0.4) is 0 Å². The molecule has 1 aliphatic heterocycles. The minimum Gasteiger partial charge on any atom is -0.369 e. The van der Waals surface area contributed by atoms with Crippen LogP contribution in [0.2, 0.25) is 0 Å². The second-order valence-corrected chi connectivity index (χ2v) is 8.52. The summed E-state index contributed by atoms with van der Waals surface area (Å²) in [4.78, 5) is 20.1. The summed E-state index contributed by atoms with van der Waals surface area (Å²) >= 11 is 0. The number of primary amides is 1. The number of hydrogen-bond donors (Lipinski definition) is 1. The van der Waals surface area contributed by atoms with Gasteiger partial charge in [0.1, 0.15) is 0 Å². The number of rotatable bonds is 7. The molecule has 2 N–H and O–H groups in total. The first kappa shape index (κ1) is 20.5. The zero-order valence-electron chi connectivity index (χ0n) is 17.8. The molecule has 2 heterocycles. The minimum absolute atomic E-state index is 0.0127. The molecule has 1 amide bonds. The molecular formula is C26H31N3O. The van der Waals surface area contributed by atoms with Gasteiger partial charge in [-0.1, -0.05) is 60.5 Å². The zero-order valence-corrected chi connectivity index (χ0v) is 17.8. The molecule has 0 radical (unpaired) electrons. The Morgan fingerprint density at radius 1 is 1.00 bits per heavy atom. The SMILES string of the molecule is Cc1ccc(C(CCN2CCCCC2)C(C(N)=O)c2ccc3ccccc3n2)cc1. The predicted molar refractivity (Wildman–Crippen MR) is 123 cm³/mol. The van der Waals surface area contributed by atoms with Crippen LogP contribution in [-0.2, 0) is 4.79 Å². The van der Waals surface area contributed by atoms with Gasteiger partial charge in [0.2, 0.25) is 5.91 Å². The fraction of sp³-hybridized carbons (Fsp3) is 0.385. The molecule has 4 rings (SSSR count). The zero-order chi connectivity index (χ0) is 20.9. The molecule has 1 aliphatic rings. The van der Waals surface area contributed by atoms with Gasteiger partial charge in [-0.3, -0.25) is 9.78 Å². The molecule has 2 aromatic carbocycles. The Morgan fingerprint density at radius 3 is 2.47 bits per heavy atom. The van der Waals surface area contributed by atoms with Crippen molar-refractivity contribution in [3.63, 3.8) is 0 Å². The second-order valence-electron chi connectivity index (χ2n) is 8.52. The van der Waals surface area contributed by atoms with E-state index in [1.807, 2.05) is 36.4 Å². The van der Waals surface area contributed by atoms with E-state index in [0.29, 0.717) is 0 Å². The van der Waals surface area contributed by atoms with E-state index in [1.165, 1.54) is 24.8 Å². The summed E-state index contributed by atoms with van der Waals surface area (Å²) in [5, 5.41) is 1.07. The van der Waals surface area contributed by atoms with E-state index in [1.54, 1.807) is 0 Å². The molecule has 2 unspecified atom stereocenters. The van der Waals surface area contributed by atoms with Gasteiger partial charge in [0, 0.05) is 11.3 Å². The summed E-state index contributed by atoms with van der Waals surface area (Å²) in [6.45, 7) is 5.37. The van der Waals surface area contributed by atoms with Crippen LogP contribution in [0, 0.1) is 6.92 Å². The smallest absolute Gasteiger partial charge is 0.227 e. The van der Waals surface area contributed by atoms with Gasteiger partial charge in [0.05, 0.1) is 17.1 Å². The molecule has 4 nitrogen and oxygen atoms in total. The van der Waals surface area contributed by atoms with Crippen molar-refractivity contribution in [3.8, 4) is 0 Å². The van der Waals surface area contributed by atoms with Gasteiger partial charge in [-0.15, -0.1) is 0 Å². The average Bonchev–Trinajstić information content (AvgIpc) is 2.77. The lowest BCUT2D eigenvalue weighted by atomic mass is 9.80. The van der Waals surface area contributed by atoms with Crippen LogP contribution >= 0.6 is 0 Å². The highest BCUT2D eigenvalue weighted by atomic mass is 16.1. The number of carbonyl (C=O) groups is 1. The molecule has 1 saturated heterocycles. The number of likely N-dealkylation sites (tertiary alicyclic amines) is 1. The van der Waals surface area contributed by atoms with Crippen LogP contribution in [0.25, 0.3) is 10.9 Å². The molecule has 1 aromatic heterocycles. The minimum atomic E-state index is -0.442. The summed E-state index contributed by atoms with van der Waals surface area (Å²) in [5.41, 5.74) is 10.0. The average molecular weight is 402 g/mol. The fourth-order valence-electron chi connectivity index (χ4n) is 4.65. The third kappa shape index (κ3) is 4.71. The monoisotopic (exact) mass is 401 g/mol. The number of aromatic nitrogens is 1. The van der Waals surface area contributed by atoms with Crippen LogP contribution in [-0.4, -0.2) is 35.4 Å². The molecule has 0 spiro atoms. The van der Waals surface area contributed by atoms with E-state index in [9.17, 15) is 4.79 Å². The maximum Gasteiger partial charge on any atom is 0.227 e. The summed E-state index contributed by atoms with van der Waals surface area (Å²) < 4.78 is 0. The molecule has 0 aliphatic carbocycles. The topological polar surface area (TPSA) is 59.2 Å². The number of para-hydroxylation sites is 1. The van der Waals surface area contributed by atoms with E-state index in [4.69, 9.17) is 10.7 Å². The number of nitrogens with two attached hydrogens (primary N) is 1. The lowest BCUT2D eigenvalue weighted by molar-refractivity contribution is -0.120. The molecule has 30 heavy (non-hydrogen) atoms. The number of amides is 1. The summed E-state index contributed by atoms with van der Waals surface area (Å²) in [5.74, 6) is -0.734. The molecule has 4 heteroatoms. The Hall–Kier alpha value is -2.72. The Bertz CT molecular complexity index is 993. The number of fused-ring (bicyclic) bond motifs is 1. The van der Waals surface area contributed by atoms with Crippen LogP contribution < -0.4 is 5.73 Å². The first-order valence-corrected chi connectivity index (χ1v) is 11.1. The van der Waals surface area contributed by atoms with Gasteiger partial charge >= 0.3 is 0 Å². The molecular weight excluding hydrogens is 370 g/mol. The number of hydrogen-bond acceptors (Lipinski definition) is 3. The molecule has 1 fully saturated rings. The lowest BCUT2D eigenvalue weighted by Crippen LogP contribution is -2.34. The van der Waals surface area contributed by atoms with Crippen molar-refractivity contribution in [2.45, 2.75) is 44.4 Å². The number of aryl methyl sites for hydroxylation is 1. The number of nitrogens with zero attached hydrogens (tertiary/aromatic N) is 2. The largest absolute Gasteiger partial charge is 0.369 e. The van der Waals surface area contributed by atoms with Gasteiger partial charge in [-0.2, -0.15) is 0 Å². The van der Waals surface area contributed by atoms with Crippen LogP contribution in [0.15, 0.2) is 60.7 Å². The Morgan fingerprint density at radius 2 is 1.73 bits per heavy atom. The van der Waals surface area contributed by atoms with Gasteiger partial charge in [-0.05, 0) is 63.5 Å². The third-order valence-corrected chi connectivity index (χ3v) is 6.36. The van der Waals surface area contributed by atoms with Gasteiger partial charge in [0.25, 0.3) is 0 Å². The number of benzene rings is 2. The second kappa shape index (κ2) is 9.40. The first-order chi connectivity index (χ1) is 14.6. The van der Waals surface area contributed by atoms with Crippen LogP contribution in [0.4, 0.5) is 0 Å². The predicted octanol–water partition coefficient (Wildman–Crippen LogP) is 4.77. The summed E-state index contributed by atoms with van der Waals surface area (Å²) in [6.07, 6.45) is 4.75. The van der Waals surface area contributed by atoms with Gasteiger partial charge < -0.3 is 10.6 Å². The highest BCUT2D eigenvalue weighted by molar-refractivity contribution is 5.84. The third-order valence-electron chi connectivity index (χ3n) is 6.36. The van der Waals surface area contributed by atoms with E-state index in [-0.39, 0.29) is 11.8 Å².